The Bertz CT molecular complexity index is 851. The van der Waals surface area contributed by atoms with Crippen molar-refractivity contribution in [3.8, 4) is 0 Å². The van der Waals surface area contributed by atoms with Crippen molar-refractivity contribution in [3.63, 3.8) is 0 Å². The summed E-state index contributed by atoms with van der Waals surface area (Å²) in [5.41, 5.74) is 2.80. The lowest BCUT2D eigenvalue weighted by atomic mass is 10.1. The molecule has 0 saturated carbocycles. The summed E-state index contributed by atoms with van der Waals surface area (Å²) in [5, 5.41) is 0.0779. The average Bonchev–Trinajstić information content (AvgIpc) is 3.07. The third-order valence-electron chi connectivity index (χ3n) is 3.88. The van der Waals surface area contributed by atoms with E-state index in [0.717, 1.165) is 5.69 Å². The summed E-state index contributed by atoms with van der Waals surface area (Å²) < 4.78 is 7.32. The number of hydrogen-bond donors (Lipinski definition) is 0. The molecular formula is C17H18ClN3O2. The number of aromatic nitrogens is 2. The van der Waals surface area contributed by atoms with Crippen LogP contribution in [0.4, 0.5) is 0 Å². The van der Waals surface area contributed by atoms with Crippen molar-refractivity contribution < 1.29 is 9.21 Å². The first-order valence-electron chi connectivity index (χ1n) is 7.43. The van der Waals surface area contributed by atoms with Crippen LogP contribution in [0.2, 0.25) is 5.35 Å². The zero-order valence-corrected chi connectivity index (χ0v) is 14.0. The lowest BCUT2D eigenvalue weighted by Gasteiger charge is -2.27. The van der Waals surface area contributed by atoms with Gasteiger partial charge in [0.25, 0.3) is 11.3 Å². The molecule has 23 heavy (non-hydrogen) atoms. The number of hydrogen-bond acceptors (Lipinski definition) is 3. The zero-order valence-electron chi connectivity index (χ0n) is 13.3. The van der Waals surface area contributed by atoms with Gasteiger partial charge in [0, 0.05) is 30.5 Å². The second-order valence-electron chi connectivity index (χ2n) is 5.79. The normalized spacial score (nSPS) is 11.3. The molecule has 0 aliphatic carbocycles. The number of carbonyl (C=O) groups excluding carboxylic acids is 1. The van der Waals surface area contributed by atoms with Crippen molar-refractivity contribution in [2.45, 2.75) is 26.4 Å². The molecule has 0 N–H and O–H groups in total. The van der Waals surface area contributed by atoms with E-state index in [0.29, 0.717) is 23.2 Å². The number of fused-ring (bicyclic) bond motifs is 1. The first kappa shape index (κ1) is 15.6. The fourth-order valence-corrected chi connectivity index (χ4v) is 2.69. The highest BCUT2D eigenvalue weighted by Gasteiger charge is 2.21. The second kappa shape index (κ2) is 6.08. The van der Waals surface area contributed by atoms with Gasteiger partial charge in [0.15, 0.2) is 5.58 Å². The third-order valence-corrected chi connectivity index (χ3v) is 4.04. The van der Waals surface area contributed by atoms with Gasteiger partial charge in [0.1, 0.15) is 5.52 Å². The fraction of sp³-hybridized carbons (Fsp3) is 0.294. The van der Waals surface area contributed by atoms with Gasteiger partial charge in [-0.2, -0.15) is 4.98 Å². The minimum absolute atomic E-state index is 0.0457. The summed E-state index contributed by atoms with van der Waals surface area (Å²) in [6.45, 7) is 4.56. The maximum atomic E-state index is 12.9. The standard InChI is InChI=1S/C17H18ClN3O2/c1-11(2)21(10-13-5-4-8-20(13)3)16(22)12-6-7-14-15(9-12)23-17(18)19-14/h4-9,11H,10H2,1-3H3. The van der Waals surface area contributed by atoms with Crippen LogP contribution in [-0.2, 0) is 13.6 Å². The summed E-state index contributed by atoms with van der Waals surface area (Å²) in [7, 11) is 1.97. The molecule has 0 saturated heterocycles. The Balaban J connectivity index is 1.91. The Kier molecular flexibility index (Phi) is 4.13. The molecule has 2 aromatic heterocycles. The number of amides is 1. The largest absolute Gasteiger partial charge is 0.428 e. The maximum absolute atomic E-state index is 12.9. The van der Waals surface area contributed by atoms with Crippen LogP contribution in [0.25, 0.3) is 11.1 Å². The molecule has 120 valence electrons. The summed E-state index contributed by atoms with van der Waals surface area (Å²) in [6.07, 6.45) is 1.97. The molecule has 5 nitrogen and oxygen atoms in total. The fourth-order valence-electron chi connectivity index (χ4n) is 2.52. The molecule has 0 fully saturated rings. The molecule has 0 aliphatic heterocycles. The highest BCUT2D eigenvalue weighted by atomic mass is 35.5. The molecule has 2 heterocycles. The molecule has 1 amide bonds. The quantitative estimate of drug-likeness (QED) is 0.729. The van der Waals surface area contributed by atoms with E-state index in [4.69, 9.17) is 16.0 Å². The molecule has 0 aliphatic rings. The summed E-state index contributed by atoms with van der Waals surface area (Å²) in [5.74, 6) is -0.0457. The Labute approximate surface area is 139 Å². The minimum Gasteiger partial charge on any atom is -0.428 e. The van der Waals surface area contributed by atoms with Gasteiger partial charge >= 0.3 is 0 Å². The van der Waals surface area contributed by atoms with E-state index < -0.39 is 0 Å². The van der Waals surface area contributed by atoms with Gasteiger partial charge in [-0.1, -0.05) is 0 Å². The number of rotatable bonds is 4. The van der Waals surface area contributed by atoms with Gasteiger partial charge < -0.3 is 13.9 Å². The van der Waals surface area contributed by atoms with E-state index in [1.165, 1.54) is 0 Å². The van der Waals surface area contributed by atoms with E-state index >= 15 is 0 Å². The van der Waals surface area contributed by atoms with E-state index in [2.05, 4.69) is 4.98 Å². The summed E-state index contributed by atoms with van der Waals surface area (Å²) in [4.78, 5) is 18.8. The number of carbonyl (C=O) groups is 1. The summed E-state index contributed by atoms with van der Waals surface area (Å²) in [6, 6.07) is 9.26. The van der Waals surface area contributed by atoms with Crippen LogP contribution in [0.15, 0.2) is 40.9 Å². The van der Waals surface area contributed by atoms with Crippen LogP contribution in [0.3, 0.4) is 0 Å². The van der Waals surface area contributed by atoms with Gasteiger partial charge in [-0.15, -0.1) is 0 Å². The van der Waals surface area contributed by atoms with Crippen molar-refractivity contribution >= 4 is 28.6 Å². The second-order valence-corrected chi connectivity index (χ2v) is 6.11. The Hall–Kier alpha value is -2.27. The Morgan fingerprint density at radius 1 is 1.39 bits per heavy atom. The van der Waals surface area contributed by atoms with Gasteiger partial charge in [-0.05, 0) is 55.8 Å². The average molecular weight is 332 g/mol. The molecule has 3 aromatic rings. The predicted octanol–water partition coefficient (Wildman–Crippen LogP) is 3.87. The lowest BCUT2D eigenvalue weighted by molar-refractivity contribution is 0.0686. The third kappa shape index (κ3) is 3.10. The molecule has 0 radical (unpaired) electrons. The molecule has 6 heteroatoms. The van der Waals surface area contributed by atoms with Gasteiger partial charge in [0.05, 0.1) is 6.54 Å². The molecule has 0 bridgehead atoms. The highest BCUT2D eigenvalue weighted by Crippen LogP contribution is 2.22. The molecule has 0 spiro atoms. The van der Waals surface area contributed by atoms with Gasteiger partial charge in [-0.25, -0.2) is 0 Å². The van der Waals surface area contributed by atoms with Gasteiger partial charge in [0.2, 0.25) is 0 Å². The predicted molar refractivity (Wildman–Crippen MR) is 89.4 cm³/mol. The number of oxazole rings is 1. The Morgan fingerprint density at radius 2 is 2.17 bits per heavy atom. The molecule has 3 rings (SSSR count). The number of aryl methyl sites for hydroxylation is 1. The monoisotopic (exact) mass is 331 g/mol. The Morgan fingerprint density at radius 3 is 2.83 bits per heavy atom. The first-order chi connectivity index (χ1) is 11.0. The number of nitrogens with zero attached hydrogens (tertiary/aromatic N) is 3. The molecule has 1 aromatic carbocycles. The lowest BCUT2D eigenvalue weighted by Crippen LogP contribution is -2.36. The van der Waals surface area contributed by atoms with Crippen LogP contribution in [0.5, 0.6) is 0 Å². The van der Waals surface area contributed by atoms with Crippen molar-refractivity contribution in [2.75, 3.05) is 0 Å². The van der Waals surface area contributed by atoms with Crippen molar-refractivity contribution in [1.29, 1.82) is 0 Å². The smallest absolute Gasteiger partial charge is 0.293 e. The SMILES string of the molecule is CC(C)N(Cc1cccn1C)C(=O)c1ccc2nc(Cl)oc2c1. The van der Waals surface area contributed by atoms with E-state index in [1.54, 1.807) is 18.2 Å². The summed E-state index contributed by atoms with van der Waals surface area (Å²) >= 11 is 5.76. The van der Waals surface area contributed by atoms with E-state index in [-0.39, 0.29) is 17.3 Å². The van der Waals surface area contributed by atoms with Crippen LogP contribution in [0, 0.1) is 0 Å². The van der Waals surface area contributed by atoms with Crippen molar-refractivity contribution in [1.82, 2.24) is 14.5 Å². The van der Waals surface area contributed by atoms with Crippen LogP contribution >= 0.6 is 11.6 Å². The van der Waals surface area contributed by atoms with Crippen LogP contribution in [-0.4, -0.2) is 26.4 Å². The van der Waals surface area contributed by atoms with Crippen LogP contribution in [0.1, 0.15) is 29.9 Å². The van der Waals surface area contributed by atoms with Gasteiger partial charge in [-0.3, -0.25) is 4.79 Å². The zero-order chi connectivity index (χ0) is 16.6. The topological polar surface area (TPSA) is 51.3 Å². The number of halogens is 1. The molecule has 0 atom stereocenters. The molecular weight excluding hydrogens is 314 g/mol. The van der Waals surface area contributed by atoms with Crippen molar-refractivity contribution in [3.05, 3.63) is 53.1 Å². The minimum atomic E-state index is -0.0457. The van der Waals surface area contributed by atoms with Crippen LogP contribution < -0.4 is 0 Å². The first-order valence-corrected chi connectivity index (χ1v) is 7.81. The van der Waals surface area contributed by atoms with Crippen molar-refractivity contribution in [2.24, 2.45) is 7.05 Å². The molecule has 0 unspecified atom stereocenters. The highest BCUT2D eigenvalue weighted by molar-refractivity contribution is 6.28. The van der Waals surface area contributed by atoms with E-state index in [9.17, 15) is 4.79 Å². The number of benzene rings is 1. The van der Waals surface area contributed by atoms with E-state index in [1.807, 2.05) is 48.7 Å². The maximum Gasteiger partial charge on any atom is 0.293 e.